The Bertz CT molecular complexity index is 538. The standard InChI is InChI=1S/C20H30ClNO2/c1-15-12-18(13-16(2)19(15)21)24-14-20(23)8-10-22(11-9-20)17-6-4-3-5-7-17/h12-13,17,23H,3-11,14H2,1-2H3. The predicted molar refractivity (Wildman–Crippen MR) is 99.1 cm³/mol. The highest BCUT2D eigenvalue weighted by molar-refractivity contribution is 6.32. The molecule has 3 rings (SSSR count). The van der Waals surface area contributed by atoms with E-state index in [-0.39, 0.29) is 0 Å². The van der Waals surface area contributed by atoms with E-state index in [1.165, 1.54) is 32.1 Å². The quantitative estimate of drug-likeness (QED) is 0.867. The zero-order valence-electron chi connectivity index (χ0n) is 15.0. The molecule has 0 radical (unpaired) electrons. The molecule has 0 unspecified atom stereocenters. The Hall–Kier alpha value is -0.770. The number of halogens is 1. The third-order valence-corrected chi connectivity index (χ3v) is 6.33. The van der Waals surface area contributed by atoms with E-state index < -0.39 is 5.60 Å². The molecule has 2 aliphatic rings. The van der Waals surface area contributed by atoms with Crippen molar-refractivity contribution in [3.05, 3.63) is 28.3 Å². The summed E-state index contributed by atoms with van der Waals surface area (Å²) in [5.41, 5.74) is 1.34. The smallest absolute Gasteiger partial charge is 0.120 e. The number of aryl methyl sites for hydroxylation is 2. The van der Waals surface area contributed by atoms with Gasteiger partial charge in [0, 0.05) is 24.2 Å². The molecule has 0 bridgehead atoms. The van der Waals surface area contributed by atoms with Crippen LogP contribution < -0.4 is 4.74 Å². The number of rotatable bonds is 4. The molecule has 1 saturated carbocycles. The molecule has 4 heteroatoms. The summed E-state index contributed by atoms with van der Waals surface area (Å²) >= 11 is 6.21. The van der Waals surface area contributed by atoms with Gasteiger partial charge in [-0.3, -0.25) is 0 Å². The first-order valence-corrected chi connectivity index (χ1v) is 9.71. The van der Waals surface area contributed by atoms with Crippen LogP contribution in [-0.4, -0.2) is 41.3 Å². The van der Waals surface area contributed by atoms with Gasteiger partial charge in [-0.05, 0) is 62.8 Å². The van der Waals surface area contributed by atoms with Gasteiger partial charge in [0.1, 0.15) is 18.0 Å². The van der Waals surface area contributed by atoms with Crippen molar-refractivity contribution in [1.82, 2.24) is 4.90 Å². The number of hydrogen-bond acceptors (Lipinski definition) is 3. The van der Waals surface area contributed by atoms with Crippen LogP contribution in [0.15, 0.2) is 12.1 Å². The van der Waals surface area contributed by atoms with Crippen LogP contribution >= 0.6 is 11.6 Å². The summed E-state index contributed by atoms with van der Waals surface area (Å²) < 4.78 is 5.92. The first-order chi connectivity index (χ1) is 11.5. The van der Waals surface area contributed by atoms with E-state index in [1.807, 2.05) is 26.0 Å². The lowest BCUT2D eigenvalue weighted by Gasteiger charge is -2.42. The Morgan fingerprint density at radius 2 is 1.71 bits per heavy atom. The molecular weight excluding hydrogens is 322 g/mol. The molecule has 2 fully saturated rings. The Balaban J connectivity index is 1.52. The minimum absolute atomic E-state index is 0.367. The van der Waals surface area contributed by atoms with Gasteiger partial charge in [0.2, 0.25) is 0 Å². The van der Waals surface area contributed by atoms with Crippen LogP contribution in [0.4, 0.5) is 0 Å². The Morgan fingerprint density at radius 1 is 1.12 bits per heavy atom. The number of benzene rings is 1. The molecule has 1 aromatic carbocycles. The highest BCUT2D eigenvalue weighted by Gasteiger charge is 2.35. The fourth-order valence-electron chi connectivity index (χ4n) is 4.10. The molecule has 1 aromatic rings. The average Bonchev–Trinajstić information content (AvgIpc) is 2.59. The van der Waals surface area contributed by atoms with Crippen molar-refractivity contribution in [2.45, 2.75) is 70.4 Å². The van der Waals surface area contributed by atoms with Crippen LogP contribution in [0.1, 0.15) is 56.1 Å². The third kappa shape index (κ3) is 4.25. The predicted octanol–water partition coefficient (Wildman–Crippen LogP) is 4.50. The number of nitrogens with zero attached hydrogens (tertiary/aromatic N) is 1. The Kier molecular flexibility index (Phi) is 5.74. The van der Waals surface area contributed by atoms with Crippen molar-refractivity contribution in [2.24, 2.45) is 0 Å². The minimum Gasteiger partial charge on any atom is -0.491 e. The second kappa shape index (κ2) is 7.63. The number of aliphatic hydroxyl groups is 1. The molecule has 0 atom stereocenters. The van der Waals surface area contributed by atoms with Crippen LogP contribution in [-0.2, 0) is 0 Å². The molecule has 0 aromatic heterocycles. The molecule has 1 aliphatic carbocycles. The van der Waals surface area contributed by atoms with Crippen molar-refractivity contribution in [1.29, 1.82) is 0 Å². The zero-order chi connectivity index (χ0) is 17.2. The number of piperidine rings is 1. The summed E-state index contributed by atoms with van der Waals surface area (Å²) in [6, 6.07) is 4.65. The maximum absolute atomic E-state index is 10.9. The SMILES string of the molecule is Cc1cc(OCC2(O)CCN(C3CCCCC3)CC2)cc(C)c1Cl. The molecule has 0 spiro atoms. The van der Waals surface area contributed by atoms with Gasteiger partial charge >= 0.3 is 0 Å². The van der Waals surface area contributed by atoms with E-state index in [0.717, 1.165) is 53.9 Å². The highest BCUT2D eigenvalue weighted by atomic mass is 35.5. The van der Waals surface area contributed by atoms with Gasteiger partial charge in [-0.25, -0.2) is 0 Å². The lowest BCUT2D eigenvalue weighted by molar-refractivity contribution is -0.0618. The molecule has 0 amide bonds. The van der Waals surface area contributed by atoms with E-state index in [9.17, 15) is 5.11 Å². The minimum atomic E-state index is -0.702. The van der Waals surface area contributed by atoms with Crippen molar-refractivity contribution >= 4 is 11.6 Å². The van der Waals surface area contributed by atoms with Gasteiger partial charge in [-0.2, -0.15) is 0 Å². The van der Waals surface area contributed by atoms with E-state index in [2.05, 4.69) is 4.90 Å². The largest absolute Gasteiger partial charge is 0.491 e. The maximum atomic E-state index is 10.9. The molecule has 1 N–H and O–H groups in total. The molecule has 24 heavy (non-hydrogen) atoms. The number of likely N-dealkylation sites (tertiary alicyclic amines) is 1. The molecule has 1 aliphatic heterocycles. The summed E-state index contributed by atoms with van der Waals surface area (Å²) in [6.45, 7) is 6.32. The normalized spacial score (nSPS) is 22.5. The lowest BCUT2D eigenvalue weighted by Crippen LogP contribution is -2.51. The first-order valence-electron chi connectivity index (χ1n) is 9.33. The van der Waals surface area contributed by atoms with Gasteiger partial charge in [0.25, 0.3) is 0 Å². The highest BCUT2D eigenvalue weighted by Crippen LogP contribution is 2.31. The third-order valence-electron chi connectivity index (χ3n) is 5.74. The summed E-state index contributed by atoms with van der Waals surface area (Å²) in [7, 11) is 0. The molecule has 1 heterocycles. The summed E-state index contributed by atoms with van der Waals surface area (Å²) in [5.74, 6) is 0.803. The summed E-state index contributed by atoms with van der Waals surface area (Å²) in [6.07, 6.45) is 8.39. The first kappa shape index (κ1) is 18.0. The van der Waals surface area contributed by atoms with E-state index in [1.54, 1.807) is 0 Å². The van der Waals surface area contributed by atoms with Crippen molar-refractivity contribution < 1.29 is 9.84 Å². The second-order valence-corrected chi connectivity index (χ2v) is 8.09. The Morgan fingerprint density at radius 3 is 2.29 bits per heavy atom. The molecule has 1 saturated heterocycles. The average molecular weight is 352 g/mol. The van der Waals surface area contributed by atoms with Gasteiger partial charge in [0.15, 0.2) is 0 Å². The molecule has 134 valence electrons. The van der Waals surface area contributed by atoms with E-state index in [4.69, 9.17) is 16.3 Å². The number of hydrogen-bond donors (Lipinski definition) is 1. The Labute approximate surface area is 150 Å². The molecule has 3 nitrogen and oxygen atoms in total. The van der Waals surface area contributed by atoms with Crippen molar-refractivity contribution in [2.75, 3.05) is 19.7 Å². The van der Waals surface area contributed by atoms with Crippen LogP contribution in [0, 0.1) is 13.8 Å². The van der Waals surface area contributed by atoms with E-state index >= 15 is 0 Å². The van der Waals surface area contributed by atoms with Gasteiger partial charge in [-0.1, -0.05) is 30.9 Å². The summed E-state index contributed by atoms with van der Waals surface area (Å²) in [4.78, 5) is 2.59. The number of ether oxygens (including phenoxy) is 1. The maximum Gasteiger partial charge on any atom is 0.120 e. The van der Waals surface area contributed by atoms with Crippen molar-refractivity contribution in [3.63, 3.8) is 0 Å². The lowest BCUT2D eigenvalue weighted by atomic mass is 9.88. The fraction of sp³-hybridized carbons (Fsp3) is 0.700. The van der Waals surface area contributed by atoms with Gasteiger partial charge in [0.05, 0.1) is 0 Å². The zero-order valence-corrected chi connectivity index (χ0v) is 15.7. The van der Waals surface area contributed by atoms with Crippen LogP contribution in [0.25, 0.3) is 0 Å². The van der Waals surface area contributed by atoms with Crippen LogP contribution in [0.3, 0.4) is 0 Å². The van der Waals surface area contributed by atoms with Crippen molar-refractivity contribution in [3.8, 4) is 5.75 Å². The van der Waals surface area contributed by atoms with E-state index in [0.29, 0.717) is 6.61 Å². The van der Waals surface area contributed by atoms with Gasteiger partial charge < -0.3 is 14.7 Å². The van der Waals surface area contributed by atoms with Gasteiger partial charge in [-0.15, -0.1) is 0 Å². The monoisotopic (exact) mass is 351 g/mol. The fourth-order valence-corrected chi connectivity index (χ4v) is 4.21. The van der Waals surface area contributed by atoms with Crippen LogP contribution in [0.2, 0.25) is 5.02 Å². The second-order valence-electron chi connectivity index (χ2n) is 7.71. The van der Waals surface area contributed by atoms with Crippen LogP contribution in [0.5, 0.6) is 5.75 Å². The summed E-state index contributed by atoms with van der Waals surface area (Å²) in [5, 5.41) is 11.7. The molecular formula is C20H30ClNO2. The topological polar surface area (TPSA) is 32.7 Å².